The van der Waals surface area contributed by atoms with Gasteiger partial charge in [0.15, 0.2) is 11.6 Å². The first-order chi connectivity index (χ1) is 8.96. The van der Waals surface area contributed by atoms with Crippen molar-refractivity contribution in [1.29, 1.82) is 0 Å². The summed E-state index contributed by atoms with van der Waals surface area (Å²) in [6.07, 6.45) is 0. The molecular formula is C14H15FNO2P. The van der Waals surface area contributed by atoms with Crippen LogP contribution in [-0.2, 0) is 4.57 Å². The van der Waals surface area contributed by atoms with E-state index in [1.807, 2.05) is 19.1 Å². The summed E-state index contributed by atoms with van der Waals surface area (Å²) in [7, 11) is -3.17. The molecule has 100 valence electrons. The summed E-state index contributed by atoms with van der Waals surface area (Å²) < 4.78 is 31.0. The molecule has 2 aromatic rings. The molecule has 1 atom stereocenters. The number of nitrogens with one attached hydrogen (secondary N) is 1. The Morgan fingerprint density at radius 1 is 1.11 bits per heavy atom. The molecule has 3 nitrogen and oxygen atoms in total. The van der Waals surface area contributed by atoms with Gasteiger partial charge in [-0.15, -0.1) is 0 Å². The maximum Gasteiger partial charge on any atom is 0.338 e. The molecule has 0 spiro atoms. The van der Waals surface area contributed by atoms with Gasteiger partial charge in [0.25, 0.3) is 0 Å². The Kier molecular flexibility index (Phi) is 3.91. The molecule has 0 saturated carbocycles. The fourth-order valence-electron chi connectivity index (χ4n) is 1.59. The van der Waals surface area contributed by atoms with Gasteiger partial charge in [-0.05, 0) is 31.2 Å². The van der Waals surface area contributed by atoms with Crippen LogP contribution in [0.5, 0.6) is 5.75 Å². The Labute approximate surface area is 111 Å². The molecule has 5 heteroatoms. The maximum atomic E-state index is 13.4. The molecule has 2 aromatic carbocycles. The lowest BCUT2D eigenvalue weighted by molar-refractivity contribution is 0.468. The number of anilines is 1. The summed E-state index contributed by atoms with van der Waals surface area (Å²) in [6, 6.07) is 13.3. The van der Waals surface area contributed by atoms with Crippen LogP contribution < -0.4 is 9.61 Å². The molecule has 0 bridgehead atoms. The minimum Gasteiger partial charge on any atom is -0.426 e. The van der Waals surface area contributed by atoms with Crippen molar-refractivity contribution in [2.75, 3.05) is 11.8 Å². The standard InChI is InChI=1S/C14H15FNO2P/c1-11-7-9-12(10-8-11)16-19(2,17)18-14-6-4-3-5-13(14)15/h3-10H,1-2H3,(H,16,17)/t19-/m0/s1. The molecule has 0 aromatic heterocycles. The van der Waals surface area contributed by atoms with Crippen LogP contribution in [-0.4, -0.2) is 6.66 Å². The van der Waals surface area contributed by atoms with E-state index < -0.39 is 13.3 Å². The largest absolute Gasteiger partial charge is 0.426 e. The van der Waals surface area contributed by atoms with Crippen LogP contribution >= 0.6 is 7.52 Å². The highest BCUT2D eigenvalue weighted by Crippen LogP contribution is 2.43. The van der Waals surface area contributed by atoms with Crippen molar-refractivity contribution in [3.8, 4) is 5.75 Å². The molecule has 0 amide bonds. The first-order valence-corrected chi connectivity index (χ1v) is 7.90. The first kappa shape index (κ1) is 13.6. The average molecular weight is 279 g/mol. The second kappa shape index (κ2) is 5.45. The average Bonchev–Trinajstić information content (AvgIpc) is 2.35. The molecule has 0 aliphatic carbocycles. The summed E-state index contributed by atoms with van der Waals surface area (Å²) in [5.74, 6) is -0.553. The van der Waals surface area contributed by atoms with Gasteiger partial charge in [-0.3, -0.25) is 4.57 Å². The van der Waals surface area contributed by atoms with Gasteiger partial charge in [0, 0.05) is 12.4 Å². The van der Waals surface area contributed by atoms with Gasteiger partial charge in [0.1, 0.15) is 0 Å². The smallest absolute Gasteiger partial charge is 0.338 e. The van der Waals surface area contributed by atoms with Gasteiger partial charge in [0.2, 0.25) is 0 Å². The Bertz CT molecular complexity index is 613. The predicted octanol–water partition coefficient (Wildman–Crippen LogP) is 4.45. The van der Waals surface area contributed by atoms with Gasteiger partial charge in [-0.2, -0.15) is 0 Å². The van der Waals surface area contributed by atoms with E-state index in [1.165, 1.54) is 18.8 Å². The van der Waals surface area contributed by atoms with Crippen molar-refractivity contribution in [2.24, 2.45) is 0 Å². The first-order valence-electron chi connectivity index (χ1n) is 5.83. The molecule has 0 radical (unpaired) electrons. The van der Waals surface area contributed by atoms with Crippen molar-refractivity contribution in [2.45, 2.75) is 6.92 Å². The highest BCUT2D eigenvalue weighted by molar-refractivity contribution is 7.60. The summed E-state index contributed by atoms with van der Waals surface area (Å²) in [4.78, 5) is 0. The molecule has 19 heavy (non-hydrogen) atoms. The van der Waals surface area contributed by atoms with Crippen LogP contribution in [0.1, 0.15) is 5.56 Å². The molecule has 0 fully saturated rings. The number of aryl methyl sites for hydroxylation is 1. The number of rotatable bonds is 4. The van der Waals surface area contributed by atoms with Crippen molar-refractivity contribution >= 4 is 13.2 Å². The topological polar surface area (TPSA) is 38.3 Å². The van der Waals surface area contributed by atoms with E-state index in [2.05, 4.69) is 5.09 Å². The summed E-state index contributed by atoms with van der Waals surface area (Å²) in [5, 5.41) is 2.79. The fraction of sp³-hybridized carbons (Fsp3) is 0.143. The van der Waals surface area contributed by atoms with Gasteiger partial charge < -0.3 is 9.61 Å². The molecule has 1 N–H and O–H groups in total. The van der Waals surface area contributed by atoms with Gasteiger partial charge in [-0.1, -0.05) is 29.8 Å². The maximum absolute atomic E-state index is 13.4. The third kappa shape index (κ3) is 3.83. The SMILES string of the molecule is Cc1ccc(N[P@@](C)(=O)Oc2ccccc2F)cc1. The Morgan fingerprint density at radius 3 is 2.37 bits per heavy atom. The summed E-state index contributed by atoms with van der Waals surface area (Å²) in [5.41, 5.74) is 1.78. The lowest BCUT2D eigenvalue weighted by atomic mass is 10.2. The van der Waals surface area contributed by atoms with E-state index in [1.54, 1.807) is 24.3 Å². The van der Waals surface area contributed by atoms with Crippen LogP contribution in [0.4, 0.5) is 10.1 Å². The van der Waals surface area contributed by atoms with Gasteiger partial charge in [-0.25, -0.2) is 4.39 Å². The van der Waals surface area contributed by atoms with E-state index >= 15 is 0 Å². The van der Waals surface area contributed by atoms with Gasteiger partial charge >= 0.3 is 7.52 Å². The minimum atomic E-state index is -3.17. The lowest BCUT2D eigenvalue weighted by Gasteiger charge is -2.17. The quantitative estimate of drug-likeness (QED) is 0.840. The van der Waals surface area contributed by atoms with E-state index in [0.717, 1.165) is 5.56 Å². The number of halogens is 1. The van der Waals surface area contributed by atoms with Crippen LogP contribution in [0, 0.1) is 12.7 Å². The molecule has 0 aliphatic heterocycles. The van der Waals surface area contributed by atoms with Gasteiger partial charge in [0.05, 0.1) is 0 Å². The zero-order valence-corrected chi connectivity index (χ0v) is 11.7. The predicted molar refractivity (Wildman–Crippen MR) is 75.4 cm³/mol. The van der Waals surface area contributed by atoms with Crippen molar-refractivity contribution in [1.82, 2.24) is 0 Å². The molecule has 0 unspecified atom stereocenters. The number of hydrogen-bond acceptors (Lipinski definition) is 2. The van der Waals surface area contributed by atoms with E-state index in [0.29, 0.717) is 5.69 Å². The highest BCUT2D eigenvalue weighted by atomic mass is 31.2. The monoisotopic (exact) mass is 279 g/mol. The van der Waals surface area contributed by atoms with E-state index in [-0.39, 0.29) is 5.75 Å². The van der Waals surface area contributed by atoms with Crippen LogP contribution in [0.15, 0.2) is 48.5 Å². The molecule has 0 saturated heterocycles. The van der Waals surface area contributed by atoms with Crippen molar-refractivity contribution in [3.63, 3.8) is 0 Å². The fourth-order valence-corrected chi connectivity index (χ4v) is 2.78. The Balaban J connectivity index is 2.13. The minimum absolute atomic E-state index is 0.0204. The molecule has 0 aliphatic rings. The third-order valence-electron chi connectivity index (χ3n) is 2.49. The van der Waals surface area contributed by atoms with Crippen LogP contribution in [0.25, 0.3) is 0 Å². The molecule has 2 rings (SSSR count). The number of hydrogen-bond donors (Lipinski definition) is 1. The molecule has 0 heterocycles. The molecular weight excluding hydrogens is 264 g/mol. The lowest BCUT2D eigenvalue weighted by Crippen LogP contribution is -2.03. The second-order valence-corrected chi connectivity index (χ2v) is 6.44. The van der Waals surface area contributed by atoms with Crippen molar-refractivity contribution in [3.05, 3.63) is 59.9 Å². The van der Waals surface area contributed by atoms with Crippen LogP contribution in [0.3, 0.4) is 0 Å². The van der Waals surface area contributed by atoms with E-state index in [4.69, 9.17) is 4.52 Å². The summed E-state index contributed by atoms with van der Waals surface area (Å²) >= 11 is 0. The van der Waals surface area contributed by atoms with Crippen LogP contribution in [0.2, 0.25) is 0 Å². The van der Waals surface area contributed by atoms with Crippen molar-refractivity contribution < 1.29 is 13.5 Å². The normalized spacial score (nSPS) is 13.6. The summed E-state index contributed by atoms with van der Waals surface area (Å²) in [6.45, 7) is 3.38. The third-order valence-corrected chi connectivity index (χ3v) is 3.70. The van der Waals surface area contributed by atoms with E-state index in [9.17, 15) is 8.96 Å². The highest BCUT2D eigenvalue weighted by Gasteiger charge is 2.19. The number of para-hydroxylation sites is 1. The zero-order valence-electron chi connectivity index (χ0n) is 10.8. The Morgan fingerprint density at radius 2 is 1.74 bits per heavy atom. The second-order valence-electron chi connectivity index (χ2n) is 4.35. The number of benzene rings is 2. The zero-order chi connectivity index (χ0) is 13.9. The Hall–Kier alpha value is -1.80.